The van der Waals surface area contributed by atoms with E-state index in [-0.39, 0.29) is 17.0 Å². The van der Waals surface area contributed by atoms with Crippen molar-refractivity contribution in [2.24, 2.45) is 0 Å². The summed E-state index contributed by atoms with van der Waals surface area (Å²) in [5, 5.41) is 0. The molecule has 0 unspecified atom stereocenters. The van der Waals surface area contributed by atoms with E-state index in [0.717, 1.165) is 5.56 Å². The SMILES string of the molecule is CCOc1ccc(C)cc1S(=O)(=O)N(C(C)C)C(C)C. The molecule has 0 atom stereocenters. The molecule has 114 valence electrons. The number of nitrogens with zero attached hydrogens (tertiary/aromatic N) is 1. The molecule has 0 saturated carbocycles. The fourth-order valence-corrected chi connectivity index (χ4v) is 4.41. The summed E-state index contributed by atoms with van der Waals surface area (Å²) in [5.41, 5.74) is 0.902. The lowest BCUT2D eigenvalue weighted by Crippen LogP contribution is -2.42. The number of ether oxygens (including phenoxy) is 1. The molecule has 0 aromatic heterocycles. The summed E-state index contributed by atoms with van der Waals surface area (Å²) in [6, 6.07) is 5.06. The zero-order valence-corrected chi connectivity index (χ0v) is 14.0. The summed E-state index contributed by atoms with van der Waals surface area (Å²) in [5.74, 6) is 0.421. The molecule has 0 radical (unpaired) electrons. The first kappa shape index (κ1) is 17.0. The van der Waals surface area contributed by atoms with Gasteiger partial charge in [0.05, 0.1) is 6.61 Å². The minimum absolute atomic E-state index is 0.102. The van der Waals surface area contributed by atoms with Crippen LogP contribution in [0.3, 0.4) is 0 Å². The van der Waals surface area contributed by atoms with Crippen molar-refractivity contribution in [3.8, 4) is 5.75 Å². The van der Waals surface area contributed by atoms with Gasteiger partial charge in [-0.15, -0.1) is 0 Å². The molecule has 5 heteroatoms. The Morgan fingerprint density at radius 2 is 1.70 bits per heavy atom. The van der Waals surface area contributed by atoms with Crippen molar-refractivity contribution in [1.82, 2.24) is 4.31 Å². The van der Waals surface area contributed by atoms with Gasteiger partial charge in [-0.1, -0.05) is 6.07 Å². The molecule has 0 amide bonds. The first-order valence-electron chi connectivity index (χ1n) is 6.98. The highest BCUT2D eigenvalue weighted by molar-refractivity contribution is 7.89. The van der Waals surface area contributed by atoms with E-state index in [1.807, 2.05) is 47.6 Å². The van der Waals surface area contributed by atoms with Gasteiger partial charge < -0.3 is 4.74 Å². The molecule has 4 nitrogen and oxygen atoms in total. The third kappa shape index (κ3) is 3.52. The standard InChI is InChI=1S/C15H25NO3S/c1-7-19-14-9-8-13(6)10-15(14)20(17,18)16(11(2)3)12(4)5/h8-12H,7H2,1-6H3. The van der Waals surface area contributed by atoms with Gasteiger partial charge in [-0.05, 0) is 59.2 Å². The molecule has 1 aromatic carbocycles. The van der Waals surface area contributed by atoms with Gasteiger partial charge in [0.15, 0.2) is 0 Å². The minimum Gasteiger partial charge on any atom is -0.492 e. The van der Waals surface area contributed by atoms with Gasteiger partial charge in [0.25, 0.3) is 0 Å². The quantitative estimate of drug-likeness (QED) is 0.810. The van der Waals surface area contributed by atoms with Crippen molar-refractivity contribution in [2.45, 2.75) is 58.5 Å². The van der Waals surface area contributed by atoms with Crippen molar-refractivity contribution in [1.29, 1.82) is 0 Å². The maximum atomic E-state index is 12.9. The third-order valence-electron chi connectivity index (χ3n) is 2.97. The number of aryl methyl sites for hydroxylation is 1. The maximum Gasteiger partial charge on any atom is 0.247 e. The smallest absolute Gasteiger partial charge is 0.247 e. The van der Waals surface area contributed by atoms with Crippen LogP contribution >= 0.6 is 0 Å². The first-order chi connectivity index (χ1) is 9.21. The zero-order valence-electron chi connectivity index (χ0n) is 13.2. The normalized spacial score (nSPS) is 12.4. The highest BCUT2D eigenvalue weighted by Gasteiger charge is 2.32. The Bertz CT molecular complexity index is 542. The van der Waals surface area contributed by atoms with Gasteiger partial charge >= 0.3 is 0 Å². The molecule has 1 rings (SSSR count). The second-order valence-electron chi connectivity index (χ2n) is 5.41. The molecule has 0 aliphatic heterocycles. The molecule has 0 aliphatic carbocycles. The number of hydrogen-bond donors (Lipinski definition) is 0. The van der Waals surface area contributed by atoms with E-state index in [2.05, 4.69) is 0 Å². The number of benzene rings is 1. The Balaban J connectivity index is 3.43. The second kappa shape index (κ2) is 6.59. The van der Waals surface area contributed by atoms with Crippen LogP contribution in [0.1, 0.15) is 40.2 Å². The average Bonchev–Trinajstić information content (AvgIpc) is 2.30. The van der Waals surface area contributed by atoms with E-state index in [9.17, 15) is 8.42 Å². The second-order valence-corrected chi connectivity index (χ2v) is 7.22. The molecule has 0 saturated heterocycles. The molecular formula is C15H25NO3S. The van der Waals surface area contributed by atoms with Gasteiger partial charge in [-0.3, -0.25) is 0 Å². The van der Waals surface area contributed by atoms with Gasteiger partial charge in [0.2, 0.25) is 10.0 Å². The largest absolute Gasteiger partial charge is 0.492 e. The summed E-state index contributed by atoms with van der Waals surface area (Å²) in [4.78, 5) is 0.252. The molecular weight excluding hydrogens is 274 g/mol. The number of rotatable bonds is 6. The summed E-state index contributed by atoms with van der Waals surface area (Å²) < 4.78 is 32.8. The Morgan fingerprint density at radius 3 is 2.15 bits per heavy atom. The molecule has 0 N–H and O–H groups in total. The lowest BCUT2D eigenvalue weighted by molar-refractivity contribution is 0.296. The van der Waals surface area contributed by atoms with Gasteiger partial charge in [-0.2, -0.15) is 4.31 Å². The average molecular weight is 299 g/mol. The fourth-order valence-electron chi connectivity index (χ4n) is 2.36. The third-order valence-corrected chi connectivity index (χ3v) is 5.25. The van der Waals surface area contributed by atoms with Crippen LogP contribution in [0.15, 0.2) is 23.1 Å². The molecule has 0 fully saturated rings. The summed E-state index contributed by atoms with van der Waals surface area (Å²) in [6.45, 7) is 11.7. The molecule has 0 spiro atoms. The molecule has 1 aromatic rings. The van der Waals surface area contributed by atoms with Crippen molar-refractivity contribution < 1.29 is 13.2 Å². The molecule has 0 aliphatic rings. The Hall–Kier alpha value is -1.07. The highest BCUT2D eigenvalue weighted by atomic mass is 32.2. The monoisotopic (exact) mass is 299 g/mol. The maximum absolute atomic E-state index is 12.9. The zero-order chi connectivity index (χ0) is 15.5. The van der Waals surface area contributed by atoms with Crippen LogP contribution in [0.4, 0.5) is 0 Å². The molecule has 20 heavy (non-hydrogen) atoms. The van der Waals surface area contributed by atoms with Crippen LogP contribution in [0.2, 0.25) is 0 Å². The highest BCUT2D eigenvalue weighted by Crippen LogP contribution is 2.30. The van der Waals surface area contributed by atoms with Crippen molar-refractivity contribution in [3.63, 3.8) is 0 Å². The van der Waals surface area contributed by atoms with E-state index < -0.39 is 10.0 Å². The Labute approximate surface area is 122 Å². The van der Waals surface area contributed by atoms with E-state index in [1.165, 1.54) is 4.31 Å². The lowest BCUT2D eigenvalue weighted by Gasteiger charge is -2.30. The summed E-state index contributed by atoms with van der Waals surface area (Å²) in [7, 11) is -3.57. The predicted molar refractivity (Wildman–Crippen MR) is 81.6 cm³/mol. The predicted octanol–water partition coefficient (Wildman–Crippen LogP) is 3.20. The molecule has 0 heterocycles. The van der Waals surface area contributed by atoms with Crippen LogP contribution in [-0.4, -0.2) is 31.4 Å². The van der Waals surface area contributed by atoms with Crippen LogP contribution in [0.25, 0.3) is 0 Å². The molecule has 0 bridgehead atoms. The summed E-state index contributed by atoms with van der Waals surface area (Å²) >= 11 is 0. The summed E-state index contributed by atoms with van der Waals surface area (Å²) in [6.07, 6.45) is 0. The van der Waals surface area contributed by atoms with Gasteiger partial charge in [0.1, 0.15) is 10.6 Å². The van der Waals surface area contributed by atoms with Crippen molar-refractivity contribution in [3.05, 3.63) is 23.8 Å². The van der Waals surface area contributed by atoms with E-state index >= 15 is 0 Å². The van der Waals surface area contributed by atoms with Gasteiger partial charge in [0, 0.05) is 12.1 Å². The number of sulfonamides is 1. The number of hydrogen-bond acceptors (Lipinski definition) is 3. The van der Waals surface area contributed by atoms with Gasteiger partial charge in [-0.25, -0.2) is 8.42 Å². The van der Waals surface area contributed by atoms with Crippen molar-refractivity contribution in [2.75, 3.05) is 6.61 Å². The lowest BCUT2D eigenvalue weighted by atomic mass is 10.2. The minimum atomic E-state index is -3.57. The first-order valence-corrected chi connectivity index (χ1v) is 8.42. The van der Waals surface area contributed by atoms with E-state index in [4.69, 9.17) is 4.74 Å². The van der Waals surface area contributed by atoms with Crippen LogP contribution < -0.4 is 4.74 Å². The van der Waals surface area contributed by atoms with Crippen LogP contribution in [0.5, 0.6) is 5.75 Å². The van der Waals surface area contributed by atoms with E-state index in [0.29, 0.717) is 12.4 Å². The Kier molecular flexibility index (Phi) is 5.59. The van der Waals surface area contributed by atoms with Crippen LogP contribution in [-0.2, 0) is 10.0 Å². The van der Waals surface area contributed by atoms with Crippen molar-refractivity contribution >= 4 is 10.0 Å². The van der Waals surface area contributed by atoms with Crippen LogP contribution in [0, 0.1) is 6.92 Å². The van der Waals surface area contributed by atoms with E-state index in [1.54, 1.807) is 12.1 Å². The fraction of sp³-hybridized carbons (Fsp3) is 0.600. The topological polar surface area (TPSA) is 46.6 Å². The Morgan fingerprint density at radius 1 is 1.15 bits per heavy atom.